The zero-order valence-corrected chi connectivity index (χ0v) is 17.2. The summed E-state index contributed by atoms with van der Waals surface area (Å²) < 4.78 is 8.00. The molecule has 0 atom stereocenters. The molecule has 0 saturated heterocycles. The average molecular weight is 421 g/mol. The summed E-state index contributed by atoms with van der Waals surface area (Å²) >= 11 is 1.25. The highest BCUT2D eigenvalue weighted by atomic mass is 32.1. The van der Waals surface area contributed by atoms with E-state index in [4.69, 9.17) is 4.74 Å². The molecular weight excluding hydrogens is 402 g/mol. The van der Waals surface area contributed by atoms with Crippen molar-refractivity contribution in [3.8, 4) is 11.4 Å². The van der Waals surface area contributed by atoms with Gasteiger partial charge in [-0.15, -0.1) is 11.3 Å². The number of nitrogens with zero attached hydrogens (tertiary/aromatic N) is 2. The standard InChI is InChI=1S/C22H19N3O4S/c1-14-5-3-4-6-17(14)25-21(27)20-18(11-12-30-20)24(22(25)28)13-19(26)23-15-7-9-16(29-2)10-8-15/h3-12H,13H2,1-2H3,(H,23,26). The van der Waals surface area contributed by atoms with Crippen molar-refractivity contribution < 1.29 is 9.53 Å². The highest BCUT2D eigenvalue weighted by molar-refractivity contribution is 7.17. The van der Waals surface area contributed by atoms with Crippen molar-refractivity contribution in [3.05, 3.63) is 86.4 Å². The SMILES string of the molecule is COc1ccc(NC(=O)Cn2c(=O)n(-c3ccccc3C)c(=O)c3sccc32)cc1. The number of ether oxygens (including phenoxy) is 1. The molecule has 7 nitrogen and oxygen atoms in total. The number of carbonyl (C=O) groups is 1. The second-order valence-corrected chi connectivity index (χ2v) is 7.62. The number of hydrogen-bond donors (Lipinski definition) is 1. The molecule has 2 aromatic carbocycles. The van der Waals surface area contributed by atoms with Gasteiger partial charge < -0.3 is 10.1 Å². The van der Waals surface area contributed by atoms with Crippen LogP contribution in [0, 0.1) is 6.92 Å². The van der Waals surface area contributed by atoms with Gasteiger partial charge in [-0.25, -0.2) is 9.36 Å². The van der Waals surface area contributed by atoms with Crippen LogP contribution in [0.4, 0.5) is 5.69 Å². The number of hydrogen-bond acceptors (Lipinski definition) is 5. The molecule has 0 spiro atoms. The van der Waals surface area contributed by atoms with Crippen LogP contribution in [0.5, 0.6) is 5.75 Å². The normalized spacial score (nSPS) is 10.9. The minimum atomic E-state index is -0.551. The topological polar surface area (TPSA) is 82.3 Å². The Kier molecular flexibility index (Phi) is 5.24. The fraction of sp³-hybridized carbons (Fsp3) is 0.136. The van der Waals surface area contributed by atoms with Gasteiger partial charge in [0.25, 0.3) is 5.56 Å². The first kappa shape index (κ1) is 19.7. The number of nitrogens with one attached hydrogen (secondary N) is 1. The molecular formula is C22H19N3O4S. The second-order valence-electron chi connectivity index (χ2n) is 6.71. The molecule has 0 fully saturated rings. The summed E-state index contributed by atoms with van der Waals surface area (Å²) in [5.41, 5.74) is 1.40. The van der Waals surface area contributed by atoms with E-state index in [1.54, 1.807) is 55.0 Å². The molecule has 152 valence electrons. The van der Waals surface area contributed by atoms with E-state index in [0.717, 1.165) is 10.1 Å². The Bertz CT molecular complexity index is 1350. The molecule has 0 saturated carbocycles. The second kappa shape index (κ2) is 8.00. The van der Waals surface area contributed by atoms with Crippen molar-refractivity contribution in [1.29, 1.82) is 0 Å². The van der Waals surface area contributed by atoms with Gasteiger partial charge in [0.1, 0.15) is 17.0 Å². The van der Waals surface area contributed by atoms with Crippen LogP contribution >= 0.6 is 11.3 Å². The van der Waals surface area contributed by atoms with Gasteiger partial charge in [-0.05, 0) is 54.3 Å². The lowest BCUT2D eigenvalue weighted by Gasteiger charge is -2.14. The van der Waals surface area contributed by atoms with Gasteiger partial charge in [0.2, 0.25) is 5.91 Å². The van der Waals surface area contributed by atoms with Crippen molar-refractivity contribution in [1.82, 2.24) is 9.13 Å². The van der Waals surface area contributed by atoms with Crippen molar-refractivity contribution in [2.24, 2.45) is 0 Å². The number of benzene rings is 2. The first-order valence-corrected chi connectivity index (χ1v) is 10.1. The first-order valence-electron chi connectivity index (χ1n) is 9.22. The maximum Gasteiger partial charge on any atom is 0.336 e. The third kappa shape index (κ3) is 3.53. The Hall–Kier alpha value is -3.65. The van der Waals surface area contributed by atoms with Crippen LogP contribution < -0.4 is 21.3 Å². The summed E-state index contributed by atoms with van der Waals surface area (Å²) in [6.45, 7) is 1.62. The molecule has 8 heteroatoms. The van der Waals surface area contributed by atoms with Gasteiger partial charge in [0.15, 0.2) is 0 Å². The van der Waals surface area contributed by atoms with E-state index < -0.39 is 5.69 Å². The molecule has 0 aliphatic carbocycles. The van der Waals surface area contributed by atoms with Crippen molar-refractivity contribution >= 4 is 33.1 Å². The van der Waals surface area contributed by atoms with Gasteiger partial charge in [0.05, 0.1) is 18.3 Å². The summed E-state index contributed by atoms with van der Waals surface area (Å²) in [5, 5.41) is 4.51. The fourth-order valence-electron chi connectivity index (χ4n) is 3.29. The van der Waals surface area contributed by atoms with Crippen LogP contribution in [0.25, 0.3) is 15.9 Å². The Morgan fingerprint density at radius 2 is 1.80 bits per heavy atom. The Morgan fingerprint density at radius 3 is 2.50 bits per heavy atom. The molecule has 30 heavy (non-hydrogen) atoms. The van der Waals surface area contributed by atoms with E-state index in [0.29, 0.717) is 27.3 Å². The number of carbonyl (C=O) groups excluding carboxylic acids is 1. The molecule has 0 radical (unpaired) electrons. The van der Waals surface area contributed by atoms with Crippen LogP contribution in [-0.2, 0) is 11.3 Å². The lowest BCUT2D eigenvalue weighted by molar-refractivity contribution is -0.116. The number of thiophene rings is 1. The van der Waals surface area contributed by atoms with E-state index in [9.17, 15) is 14.4 Å². The van der Waals surface area contributed by atoms with Crippen LogP contribution in [0.15, 0.2) is 69.6 Å². The van der Waals surface area contributed by atoms with Crippen LogP contribution in [0.3, 0.4) is 0 Å². The lowest BCUT2D eigenvalue weighted by Crippen LogP contribution is -2.40. The van der Waals surface area contributed by atoms with Gasteiger partial charge in [0, 0.05) is 5.69 Å². The monoisotopic (exact) mass is 421 g/mol. The zero-order chi connectivity index (χ0) is 21.3. The number of aromatic nitrogens is 2. The minimum absolute atomic E-state index is 0.218. The van der Waals surface area contributed by atoms with E-state index in [-0.39, 0.29) is 18.0 Å². The van der Waals surface area contributed by atoms with E-state index in [1.807, 2.05) is 19.1 Å². The number of aryl methyl sites for hydroxylation is 1. The van der Waals surface area contributed by atoms with Crippen molar-refractivity contribution in [2.75, 3.05) is 12.4 Å². The molecule has 4 rings (SSSR count). The maximum atomic E-state index is 13.3. The van der Waals surface area contributed by atoms with Crippen LogP contribution in [0.1, 0.15) is 5.56 Å². The average Bonchev–Trinajstić information content (AvgIpc) is 3.23. The van der Waals surface area contributed by atoms with Crippen LogP contribution in [-0.4, -0.2) is 22.2 Å². The van der Waals surface area contributed by atoms with Crippen LogP contribution in [0.2, 0.25) is 0 Å². The molecule has 0 aliphatic heterocycles. The number of amides is 1. The van der Waals surface area contributed by atoms with E-state index in [1.165, 1.54) is 15.9 Å². The largest absolute Gasteiger partial charge is 0.497 e. The van der Waals surface area contributed by atoms with Gasteiger partial charge in [-0.1, -0.05) is 18.2 Å². The number of fused-ring (bicyclic) bond motifs is 1. The molecule has 2 aromatic heterocycles. The van der Waals surface area contributed by atoms with Crippen molar-refractivity contribution in [3.63, 3.8) is 0 Å². The summed E-state index contributed by atoms with van der Waals surface area (Å²) in [5.74, 6) is 0.305. The van der Waals surface area contributed by atoms with Crippen molar-refractivity contribution in [2.45, 2.75) is 13.5 Å². The highest BCUT2D eigenvalue weighted by Gasteiger charge is 2.18. The Morgan fingerprint density at radius 1 is 1.07 bits per heavy atom. The highest BCUT2D eigenvalue weighted by Crippen LogP contribution is 2.18. The quantitative estimate of drug-likeness (QED) is 0.537. The Labute approximate surface area is 175 Å². The molecule has 0 aliphatic rings. The molecule has 0 bridgehead atoms. The summed E-state index contributed by atoms with van der Waals surface area (Å²) in [7, 11) is 1.56. The third-order valence-corrected chi connectivity index (χ3v) is 5.68. The molecule has 1 N–H and O–H groups in total. The minimum Gasteiger partial charge on any atom is -0.497 e. The lowest BCUT2D eigenvalue weighted by atomic mass is 10.2. The van der Waals surface area contributed by atoms with Gasteiger partial charge in [-0.3, -0.25) is 14.2 Å². The Balaban J connectivity index is 1.76. The summed E-state index contributed by atoms with van der Waals surface area (Å²) in [6, 6.07) is 15.8. The predicted octanol–water partition coefficient (Wildman–Crippen LogP) is 3.17. The number of anilines is 1. The van der Waals surface area contributed by atoms with E-state index in [2.05, 4.69) is 5.32 Å². The zero-order valence-electron chi connectivity index (χ0n) is 16.4. The molecule has 0 unspecified atom stereocenters. The first-order chi connectivity index (χ1) is 14.5. The predicted molar refractivity (Wildman–Crippen MR) is 118 cm³/mol. The molecule has 4 aromatic rings. The molecule has 1 amide bonds. The van der Waals surface area contributed by atoms with Gasteiger partial charge >= 0.3 is 5.69 Å². The third-order valence-electron chi connectivity index (χ3n) is 4.79. The smallest absolute Gasteiger partial charge is 0.336 e. The molecule has 2 heterocycles. The fourth-order valence-corrected chi connectivity index (χ4v) is 4.11. The summed E-state index contributed by atoms with van der Waals surface area (Å²) in [4.78, 5) is 38.9. The van der Waals surface area contributed by atoms with Gasteiger partial charge in [-0.2, -0.15) is 0 Å². The number of rotatable bonds is 5. The number of methoxy groups -OCH3 is 1. The van der Waals surface area contributed by atoms with E-state index >= 15 is 0 Å². The maximum absolute atomic E-state index is 13.3. The summed E-state index contributed by atoms with van der Waals surface area (Å²) in [6.07, 6.45) is 0. The number of para-hydroxylation sites is 1.